The van der Waals surface area contributed by atoms with Crippen molar-refractivity contribution in [3.05, 3.63) is 34.9 Å². The van der Waals surface area contributed by atoms with Gasteiger partial charge in [-0.3, -0.25) is 9.69 Å². The number of amides is 1. The van der Waals surface area contributed by atoms with Crippen molar-refractivity contribution in [1.82, 2.24) is 15.1 Å². The van der Waals surface area contributed by atoms with E-state index in [-0.39, 0.29) is 0 Å². The third kappa shape index (κ3) is 4.99. The van der Waals surface area contributed by atoms with Gasteiger partial charge in [0.1, 0.15) is 0 Å². The molecule has 1 aromatic rings. The van der Waals surface area contributed by atoms with Crippen LogP contribution in [0.5, 0.6) is 0 Å². The highest BCUT2D eigenvalue weighted by molar-refractivity contribution is 6.30. The lowest BCUT2D eigenvalue weighted by atomic mass is 9.84. The quantitative estimate of drug-likeness (QED) is 0.852. The van der Waals surface area contributed by atoms with Gasteiger partial charge in [-0.25, -0.2) is 0 Å². The second-order valence-electron chi connectivity index (χ2n) is 7.91. The third-order valence-corrected chi connectivity index (χ3v) is 6.50. The SMILES string of the molecule is CC(CC(=O)N1CCN(C(C)c2ccc(Cl)cc2)CC1)C1CCNCC1. The predicted molar refractivity (Wildman–Crippen MR) is 107 cm³/mol. The predicted octanol–water partition coefficient (Wildman–Crippen LogP) is 3.57. The Hall–Kier alpha value is -1.10. The van der Waals surface area contributed by atoms with E-state index in [0.717, 1.165) is 44.3 Å². The number of hydrogen-bond donors (Lipinski definition) is 1. The molecule has 2 atom stereocenters. The molecule has 2 unspecified atom stereocenters. The van der Waals surface area contributed by atoms with Gasteiger partial charge in [0, 0.05) is 43.7 Å². The minimum atomic E-state index is 0.342. The van der Waals surface area contributed by atoms with Crippen molar-refractivity contribution < 1.29 is 4.79 Å². The molecule has 1 aromatic carbocycles. The zero-order valence-corrected chi connectivity index (χ0v) is 16.8. The van der Waals surface area contributed by atoms with Gasteiger partial charge in [0.2, 0.25) is 5.91 Å². The van der Waals surface area contributed by atoms with E-state index < -0.39 is 0 Å². The second-order valence-corrected chi connectivity index (χ2v) is 8.35. The van der Waals surface area contributed by atoms with E-state index in [1.54, 1.807) is 0 Å². The molecule has 5 heteroatoms. The minimum Gasteiger partial charge on any atom is -0.340 e. The molecule has 1 N–H and O–H groups in total. The summed E-state index contributed by atoms with van der Waals surface area (Å²) in [5.41, 5.74) is 1.29. The first-order valence-corrected chi connectivity index (χ1v) is 10.4. The van der Waals surface area contributed by atoms with Crippen LogP contribution in [0.25, 0.3) is 0 Å². The molecule has 4 nitrogen and oxygen atoms in total. The Morgan fingerprint density at radius 3 is 2.35 bits per heavy atom. The zero-order valence-electron chi connectivity index (χ0n) is 16.1. The summed E-state index contributed by atoms with van der Waals surface area (Å²) >= 11 is 5.99. The molecule has 0 saturated carbocycles. The van der Waals surface area contributed by atoms with E-state index in [0.29, 0.717) is 30.2 Å². The van der Waals surface area contributed by atoms with Crippen molar-refractivity contribution in [1.29, 1.82) is 0 Å². The zero-order chi connectivity index (χ0) is 18.5. The molecule has 0 radical (unpaired) electrons. The highest BCUT2D eigenvalue weighted by Crippen LogP contribution is 2.26. The maximum absolute atomic E-state index is 12.7. The van der Waals surface area contributed by atoms with Crippen LogP contribution in [0, 0.1) is 11.8 Å². The van der Waals surface area contributed by atoms with Gasteiger partial charge in [-0.15, -0.1) is 0 Å². The van der Waals surface area contributed by atoms with Gasteiger partial charge < -0.3 is 10.2 Å². The van der Waals surface area contributed by atoms with Crippen LogP contribution in [-0.4, -0.2) is 55.0 Å². The molecule has 2 aliphatic heterocycles. The number of carbonyl (C=O) groups excluding carboxylic acids is 1. The fraction of sp³-hybridized carbons (Fsp3) is 0.667. The second kappa shape index (κ2) is 9.20. The summed E-state index contributed by atoms with van der Waals surface area (Å²) in [5, 5.41) is 4.19. The van der Waals surface area contributed by atoms with Crippen LogP contribution in [0.4, 0.5) is 0 Å². The number of piperazine rings is 1. The Kier molecular flexibility index (Phi) is 6.96. The molecule has 0 bridgehead atoms. The molecule has 0 aliphatic carbocycles. The van der Waals surface area contributed by atoms with Crippen LogP contribution < -0.4 is 5.32 Å². The van der Waals surface area contributed by atoms with Crippen LogP contribution in [-0.2, 0) is 4.79 Å². The largest absolute Gasteiger partial charge is 0.340 e. The Morgan fingerprint density at radius 1 is 1.12 bits per heavy atom. The number of benzene rings is 1. The van der Waals surface area contributed by atoms with Crippen LogP contribution in [0.15, 0.2) is 24.3 Å². The highest BCUT2D eigenvalue weighted by Gasteiger charge is 2.28. The highest BCUT2D eigenvalue weighted by atomic mass is 35.5. The fourth-order valence-electron chi connectivity index (χ4n) is 4.30. The maximum atomic E-state index is 12.7. The number of hydrogen-bond acceptors (Lipinski definition) is 3. The normalized spacial score (nSPS) is 22.2. The van der Waals surface area contributed by atoms with E-state index >= 15 is 0 Å². The molecule has 0 spiro atoms. The van der Waals surface area contributed by atoms with E-state index in [9.17, 15) is 4.79 Å². The molecular weight excluding hydrogens is 346 g/mol. The van der Waals surface area contributed by atoms with Crippen molar-refractivity contribution in [3.63, 3.8) is 0 Å². The molecular formula is C21H32ClN3O. The van der Waals surface area contributed by atoms with Crippen LogP contribution in [0.1, 0.15) is 44.7 Å². The van der Waals surface area contributed by atoms with Crippen molar-refractivity contribution in [3.8, 4) is 0 Å². The fourth-order valence-corrected chi connectivity index (χ4v) is 4.42. The molecule has 2 saturated heterocycles. The first-order valence-electron chi connectivity index (χ1n) is 10.0. The molecule has 2 fully saturated rings. The van der Waals surface area contributed by atoms with Crippen molar-refractivity contribution in [2.75, 3.05) is 39.3 Å². The first-order chi connectivity index (χ1) is 12.5. The van der Waals surface area contributed by atoms with Gasteiger partial charge in [-0.1, -0.05) is 30.7 Å². The van der Waals surface area contributed by atoms with E-state index in [4.69, 9.17) is 11.6 Å². The van der Waals surface area contributed by atoms with Gasteiger partial charge in [0.15, 0.2) is 0 Å². The minimum absolute atomic E-state index is 0.342. The molecule has 144 valence electrons. The Labute approximate surface area is 162 Å². The lowest BCUT2D eigenvalue weighted by molar-refractivity contribution is -0.134. The molecule has 26 heavy (non-hydrogen) atoms. The summed E-state index contributed by atoms with van der Waals surface area (Å²) in [7, 11) is 0. The molecule has 3 rings (SSSR count). The summed E-state index contributed by atoms with van der Waals surface area (Å²) in [4.78, 5) is 17.2. The molecule has 2 heterocycles. The third-order valence-electron chi connectivity index (χ3n) is 6.25. The molecule has 1 amide bonds. The number of nitrogens with zero attached hydrogens (tertiary/aromatic N) is 2. The topological polar surface area (TPSA) is 35.6 Å². The average Bonchev–Trinajstić information content (AvgIpc) is 2.69. The van der Waals surface area contributed by atoms with Gasteiger partial charge >= 0.3 is 0 Å². The number of halogens is 1. The first kappa shape index (κ1) is 19.7. The number of piperidine rings is 1. The Bertz CT molecular complexity index is 577. The summed E-state index contributed by atoms with van der Waals surface area (Å²) in [6, 6.07) is 8.47. The van der Waals surface area contributed by atoms with E-state index in [1.807, 2.05) is 12.1 Å². The summed E-state index contributed by atoms with van der Waals surface area (Å²) < 4.78 is 0. The summed E-state index contributed by atoms with van der Waals surface area (Å²) in [6.45, 7) is 10.3. The number of carbonyl (C=O) groups is 1. The van der Waals surface area contributed by atoms with E-state index in [1.165, 1.54) is 18.4 Å². The summed E-state index contributed by atoms with van der Waals surface area (Å²) in [5.74, 6) is 1.54. The molecule has 0 aromatic heterocycles. The smallest absolute Gasteiger partial charge is 0.222 e. The number of rotatable bonds is 5. The maximum Gasteiger partial charge on any atom is 0.222 e. The van der Waals surface area contributed by atoms with Gasteiger partial charge in [0.05, 0.1) is 0 Å². The Morgan fingerprint density at radius 2 is 1.73 bits per heavy atom. The lowest BCUT2D eigenvalue weighted by Crippen LogP contribution is -2.49. The van der Waals surface area contributed by atoms with Gasteiger partial charge in [0.25, 0.3) is 0 Å². The van der Waals surface area contributed by atoms with Crippen molar-refractivity contribution in [2.24, 2.45) is 11.8 Å². The van der Waals surface area contributed by atoms with Gasteiger partial charge in [-0.05, 0) is 62.4 Å². The standard InChI is InChI=1S/C21H32ClN3O/c1-16(18-7-9-23-10-8-18)15-21(26)25-13-11-24(12-14-25)17(2)19-3-5-20(22)6-4-19/h3-6,16-18,23H,7-15H2,1-2H3. The van der Waals surface area contributed by atoms with Crippen LogP contribution in [0.3, 0.4) is 0 Å². The monoisotopic (exact) mass is 377 g/mol. The van der Waals surface area contributed by atoms with Gasteiger partial charge in [-0.2, -0.15) is 0 Å². The average molecular weight is 378 g/mol. The number of nitrogens with one attached hydrogen (secondary N) is 1. The van der Waals surface area contributed by atoms with E-state index in [2.05, 4.69) is 41.1 Å². The lowest BCUT2D eigenvalue weighted by Gasteiger charge is -2.39. The van der Waals surface area contributed by atoms with Crippen molar-refractivity contribution >= 4 is 17.5 Å². The van der Waals surface area contributed by atoms with Crippen LogP contribution >= 0.6 is 11.6 Å². The Balaban J connectivity index is 1.46. The summed E-state index contributed by atoms with van der Waals surface area (Å²) in [6.07, 6.45) is 3.12. The van der Waals surface area contributed by atoms with Crippen molar-refractivity contribution in [2.45, 2.75) is 39.2 Å². The van der Waals surface area contributed by atoms with Crippen LogP contribution in [0.2, 0.25) is 5.02 Å². The molecule has 2 aliphatic rings.